The second-order valence-electron chi connectivity index (χ2n) is 8.37. The molecule has 0 spiro atoms. The molecule has 1 unspecified atom stereocenters. The quantitative estimate of drug-likeness (QED) is 0.479. The van der Waals surface area contributed by atoms with Gasteiger partial charge in [-0.2, -0.15) is 0 Å². The van der Waals surface area contributed by atoms with Crippen LogP contribution in [0.2, 0.25) is 0 Å². The molecule has 0 heterocycles. The summed E-state index contributed by atoms with van der Waals surface area (Å²) in [5, 5.41) is 33.0. The third-order valence-corrected chi connectivity index (χ3v) is 4.20. The highest BCUT2D eigenvalue weighted by molar-refractivity contribution is 6.15. The Morgan fingerprint density at radius 2 is 1.36 bits per heavy atom. The first-order chi connectivity index (χ1) is 11.2. The molecule has 0 aliphatic rings. The van der Waals surface area contributed by atoms with Gasteiger partial charge in [-0.1, -0.05) is 47.6 Å². The van der Waals surface area contributed by atoms with Crippen molar-refractivity contribution in [2.75, 3.05) is 7.05 Å². The monoisotopic (exact) mass is 351 g/mol. The predicted octanol–water partition coefficient (Wildman–Crippen LogP) is 2.32. The zero-order valence-electron chi connectivity index (χ0n) is 16.0. The van der Waals surface area contributed by atoms with Crippen LogP contribution in [0.25, 0.3) is 0 Å². The third-order valence-electron chi connectivity index (χ3n) is 4.20. The average Bonchev–Trinajstić information content (AvgIpc) is 2.48. The molecule has 6 heteroatoms. The van der Waals surface area contributed by atoms with E-state index in [4.69, 9.17) is 0 Å². The number of phenolic OH excluding ortho intramolecular Hbond substituents is 2. The van der Waals surface area contributed by atoms with E-state index in [-0.39, 0.29) is 11.3 Å². The van der Waals surface area contributed by atoms with Crippen molar-refractivity contribution >= 4 is 11.6 Å². The van der Waals surface area contributed by atoms with Crippen LogP contribution in [0.3, 0.4) is 0 Å². The number of ketones is 2. The molecule has 1 aromatic carbocycles. The second kappa shape index (κ2) is 6.77. The molecule has 0 aliphatic heterocycles. The summed E-state index contributed by atoms with van der Waals surface area (Å²) in [6.07, 6.45) is -1.54. The van der Waals surface area contributed by atoms with Gasteiger partial charge in [-0.25, -0.2) is 0 Å². The zero-order chi connectivity index (χ0) is 19.8. The average molecular weight is 351 g/mol. The van der Waals surface area contributed by atoms with E-state index in [1.807, 2.05) is 0 Å². The van der Waals surface area contributed by atoms with E-state index in [0.29, 0.717) is 0 Å². The molecule has 0 saturated carbocycles. The normalized spacial score (nSPS) is 14.2. The number of carbonyl (C=O) groups is 2. The highest BCUT2D eigenvalue weighted by Gasteiger charge is 2.56. The lowest BCUT2D eigenvalue weighted by molar-refractivity contribution is -0.152. The standard InChI is InChI=1S/C19H29NO5/c1-17(2,3)15(24)19(20-7,16(25)18(4,5)6)14(23)11-8-9-12(21)13(22)10-11/h8-10,14,20-23H,1-7H3. The van der Waals surface area contributed by atoms with Crippen molar-refractivity contribution in [1.29, 1.82) is 0 Å². The van der Waals surface area contributed by atoms with Crippen LogP contribution in [0.1, 0.15) is 53.2 Å². The Labute approximate surface area is 148 Å². The van der Waals surface area contributed by atoms with Crippen LogP contribution in [-0.2, 0) is 9.59 Å². The van der Waals surface area contributed by atoms with Gasteiger partial charge in [-0.3, -0.25) is 14.9 Å². The number of phenols is 2. The van der Waals surface area contributed by atoms with Gasteiger partial charge >= 0.3 is 0 Å². The van der Waals surface area contributed by atoms with E-state index in [1.165, 1.54) is 19.2 Å². The number of rotatable bonds is 5. The van der Waals surface area contributed by atoms with Crippen LogP contribution in [0.5, 0.6) is 11.5 Å². The highest BCUT2D eigenvalue weighted by atomic mass is 16.3. The largest absolute Gasteiger partial charge is 0.504 e. The molecular weight excluding hydrogens is 322 g/mol. The molecule has 0 aromatic heterocycles. The summed E-state index contributed by atoms with van der Waals surface area (Å²) < 4.78 is 0. The number of aliphatic hydroxyl groups is 1. The van der Waals surface area contributed by atoms with Gasteiger partial charge in [-0.05, 0) is 24.7 Å². The van der Waals surface area contributed by atoms with E-state index >= 15 is 0 Å². The Balaban J connectivity index is 3.67. The number of likely N-dealkylation sites (N-methyl/N-ethyl adjacent to an activating group) is 1. The fraction of sp³-hybridized carbons (Fsp3) is 0.579. The number of nitrogens with one attached hydrogen (secondary N) is 1. The molecular formula is C19H29NO5. The number of benzene rings is 1. The molecule has 0 fully saturated rings. The summed E-state index contributed by atoms with van der Waals surface area (Å²) in [4.78, 5) is 26.4. The third kappa shape index (κ3) is 3.85. The molecule has 0 radical (unpaired) electrons. The summed E-state index contributed by atoms with van der Waals surface area (Å²) in [6, 6.07) is 3.73. The number of hydrogen-bond donors (Lipinski definition) is 4. The summed E-state index contributed by atoms with van der Waals surface area (Å²) in [5.41, 5.74) is -3.53. The van der Waals surface area contributed by atoms with Gasteiger partial charge in [0.25, 0.3) is 0 Å². The molecule has 1 aromatic rings. The topological polar surface area (TPSA) is 107 Å². The maximum atomic E-state index is 13.2. The van der Waals surface area contributed by atoms with Crippen LogP contribution in [0.15, 0.2) is 18.2 Å². The molecule has 0 aliphatic carbocycles. The van der Waals surface area contributed by atoms with Gasteiger partial charge in [0, 0.05) is 10.8 Å². The lowest BCUT2D eigenvalue weighted by atomic mass is 9.66. The summed E-state index contributed by atoms with van der Waals surface area (Å²) in [7, 11) is 1.46. The molecule has 1 rings (SSSR count). The van der Waals surface area contributed by atoms with Crippen molar-refractivity contribution in [1.82, 2.24) is 5.32 Å². The first-order valence-electron chi connectivity index (χ1n) is 8.18. The first kappa shape index (κ1) is 21.1. The lowest BCUT2D eigenvalue weighted by Gasteiger charge is -2.42. The number of hydrogen-bond acceptors (Lipinski definition) is 6. The minimum atomic E-state index is -1.89. The van der Waals surface area contributed by atoms with Gasteiger partial charge < -0.3 is 15.3 Å². The van der Waals surface area contributed by atoms with Crippen LogP contribution in [0, 0.1) is 10.8 Å². The van der Waals surface area contributed by atoms with Crippen LogP contribution < -0.4 is 5.32 Å². The summed E-state index contributed by atoms with van der Waals surface area (Å²) in [5.74, 6) is -1.70. The van der Waals surface area contributed by atoms with E-state index in [2.05, 4.69) is 5.32 Å². The van der Waals surface area contributed by atoms with Crippen LogP contribution in [0.4, 0.5) is 0 Å². The second-order valence-corrected chi connectivity index (χ2v) is 8.37. The Bertz CT molecular complexity index is 641. The van der Waals surface area contributed by atoms with Crippen molar-refractivity contribution in [2.24, 2.45) is 10.8 Å². The maximum Gasteiger partial charge on any atom is 0.168 e. The fourth-order valence-corrected chi connectivity index (χ4v) is 2.86. The predicted molar refractivity (Wildman–Crippen MR) is 95.4 cm³/mol. The van der Waals surface area contributed by atoms with Crippen molar-refractivity contribution in [3.63, 3.8) is 0 Å². The van der Waals surface area contributed by atoms with E-state index < -0.39 is 39.8 Å². The van der Waals surface area contributed by atoms with Gasteiger partial charge in [0.1, 0.15) is 6.10 Å². The fourth-order valence-electron chi connectivity index (χ4n) is 2.86. The smallest absolute Gasteiger partial charge is 0.168 e. The van der Waals surface area contributed by atoms with Crippen molar-refractivity contribution in [3.8, 4) is 11.5 Å². The summed E-state index contributed by atoms with van der Waals surface area (Å²) >= 11 is 0. The van der Waals surface area contributed by atoms with Crippen molar-refractivity contribution in [3.05, 3.63) is 23.8 Å². The van der Waals surface area contributed by atoms with Crippen LogP contribution >= 0.6 is 0 Å². The van der Waals surface area contributed by atoms with Crippen molar-refractivity contribution < 1.29 is 24.9 Å². The van der Waals surface area contributed by atoms with E-state index in [0.717, 1.165) is 6.07 Å². The number of aromatic hydroxyl groups is 2. The minimum absolute atomic E-state index is 0.153. The first-order valence-corrected chi connectivity index (χ1v) is 8.18. The number of Topliss-reactive ketones (excluding diaryl/α,β-unsaturated/α-hetero) is 2. The summed E-state index contributed by atoms with van der Waals surface area (Å²) in [6.45, 7) is 10.1. The SMILES string of the molecule is CNC(C(=O)C(C)(C)C)(C(=O)C(C)(C)C)C(O)c1ccc(O)c(O)c1. The molecule has 4 N–H and O–H groups in total. The van der Waals surface area contributed by atoms with Crippen molar-refractivity contribution in [2.45, 2.75) is 53.2 Å². The van der Waals surface area contributed by atoms with Gasteiger partial charge in [0.2, 0.25) is 0 Å². The number of carbonyl (C=O) groups excluding carboxylic acids is 2. The molecule has 0 amide bonds. The molecule has 0 saturated heterocycles. The molecule has 25 heavy (non-hydrogen) atoms. The van der Waals surface area contributed by atoms with E-state index in [1.54, 1.807) is 41.5 Å². The van der Waals surface area contributed by atoms with Gasteiger partial charge in [0.05, 0.1) is 0 Å². The van der Waals surface area contributed by atoms with Gasteiger partial charge in [0.15, 0.2) is 28.6 Å². The molecule has 6 nitrogen and oxygen atoms in total. The van der Waals surface area contributed by atoms with Crippen LogP contribution in [-0.4, -0.2) is 39.5 Å². The van der Waals surface area contributed by atoms with E-state index in [9.17, 15) is 24.9 Å². The minimum Gasteiger partial charge on any atom is -0.504 e. The molecule has 1 atom stereocenters. The lowest BCUT2D eigenvalue weighted by Crippen LogP contribution is -2.66. The Kier molecular flexibility index (Phi) is 5.72. The maximum absolute atomic E-state index is 13.2. The Morgan fingerprint density at radius 3 is 1.68 bits per heavy atom. The molecule has 0 bridgehead atoms. The Hall–Kier alpha value is -1.92. The zero-order valence-corrected chi connectivity index (χ0v) is 16.0. The Morgan fingerprint density at radius 1 is 0.920 bits per heavy atom. The number of aliphatic hydroxyl groups excluding tert-OH is 1. The molecule has 140 valence electrons. The highest BCUT2D eigenvalue weighted by Crippen LogP contribution is 2.40. The van der Waals surface area contributed by atoms with Gasteiger partial charge in [-0.15, -0.1) is 0 Å².